The summed E-state index contributed by atoms with van der Waals surface area (Å²) >= 11 is 3.19. The number of hydrogen-bond donors (Lipinski definition) is 2. The van der Waals surface area contributed by atoms with E-state index >= 15 is 0 Å². The largest absolute Gasteiger partial charge is 0.573 e. The molecule has 0 aromatic heterocycles. The number of carbonyl (C=O) groups is 1. The standard InChI is InChI=1S/C14H14BrF3N2O3/c15-11-7-10(23-14(16,17)18)1-2-12(11)19-8-9-3-5-20(6-4-9)13(21)22/h1-3,7,19H,4-6,8H2,(H,21,22). The van der Waals surface area contributed by atoms with Crippen molar-refractivity contribution in [3.63, 3.8) is 0 Å². The van der Waals surface area contributed by atoms with Gasteiger partial charge in [-0.2, -0.15) is 0 Å². The van der Waals surface area contributed by atoms with E-state index < -0.39 is 12.5 Å². The van der Waals surface area contributed by atoms with E-state index in [9.17, 15) is 18.0 Å². The van der Waals surface area contributed by atoms with Gasteiger partial charge in [0.1, 0.15) is 5.75 Å². The number of carboxylic acid groups (broad SMARTS) is 1. The summed E-state index contributed by atoms with van der Waals surface area (Å²) in [6, 6.07) is 3.94. The first-order valence-electron chi connectivity index (χ1n) is 6.69. The number of nitrogens with zero attached hydrogens (tertiary/aromatic N) is 1. The fraction of sp³-hybridized carbons (Fsp3) is 0.357. The van der Waals surface area contributed by atoms with Gasteiger partial charge in [0.15, 0.2) is 0 Å². The van der Waals surface area contributed by atoms with Crippen molar-refractivity contribution < 1.29 is 27.8 Å². The maximum atomic E-state index is 12.1. The van der Waals surface area contributed by atoms with Crippen LogP contribution in [0.2, 0.25) is 0 Å². The van der Waals surface area contributed by atoms with E-state index in [0.717, 1.165) is 5.57 Å². The molecule has 5 nitrogen and oxygen atoms in total. The van der Waals surface area contributed by atoms with Crippen LogP contribution in [0.4, 0.5) is 23.7 Å². The zero-order valence-corrected chi connectivity index (χ0v) is 13.4. The molecule has 0 atom stereocenters. The zero-order valence-electron chi connectivity index (χ0n) is 11.9. The topological polar surface area (TPSA) is 61.8 Å². The Kier molecular flexibility index (Phi) is 5.40. The minimum Gasteiger partial charge on any atom is -0.465 e. The Morgan fingerprint density at radius 3 is 2.70 bits per heavy atom. The summed E-state index contributed by atoms with van der Waals surface area (Å²) in [4.78, 5) is 12.1. The predicted molar refractivity (Wildman–Crippen MR) is 81.6 cm³/mol. The van der Waals surface area contributed by atoms with Crippen LogP contribution in [0, 0.1) is 0 Å². The van der Waals surface area contributed by atoms with Crippen molar-refractivity contribution in [3.05, 3.63) is 34.3 Å². The lowest BCUT2D eigenvalue weighted by Gasteiger charge is -2.24. The molecule has 23 heavy (non-hydrogen) atoms. The van der Waals surface area contributed by atoms with Gasteiger partial charge in [-0.15, -0.1) is 13.2 Å². The van der Waals surface area contributed by atoms with Crippen molar-refractivity contribution in [1.82, 2.24) is 4.90 Å². The second-order valence-electron chi connectivity index (χ2n) is 4.88. The number of nitrogens with one attached hydrogen (secondary N) is 1. The van der Waals surface area contributed by atoms with Crippen LogP contribution in [-0.4, -0.2) is 42.1 Å². The maximum Gasteiger partial charge on any atom is 0.573 e. The molecule has 0 spiro atoms. The molecule has 0 aliphatic carbocycles. The summed E-state index contributed by atoms with van der Waals surface area (Å²) in [7, 11) is 0. The van der Waals surface area contributed by atoms with Gasteiger partial charge in [-0.3, -0.25) is 0 Å². The molecule has 1 aromatic carbocycles. The van der Waals surface area contributed by atoms with Crippen molar-refractivity contribution in [1.29, 1.82) is 0 Å². The van der Waals surface area contributed by atoms with Crippen LogP contribution in [0.25, 0.3) is 0 Å². The van der Waals surface area contributed by atoms with Crippen LogP contribution in [0.3, 0.4) is 0 Å². The monoisotopic (exact) mass is 394 g/mol. The van der Waals surface area contributed by atoms with Gasteiger partial charge in [0, 0.05) is 29.8 Å². The smallest absolute Gasteiger partial charge is 0.465 e. The Balaban J connectivity index is 1.93. The van der Waals surface area contributed by atoms with Gasteiger partial charge in [0.05, 0.1) is 0 Å². The fourth-order valence-electron chi connectivity index (χ4n) is 2.09. The Bertz CT molecular complexity index is 620. The molecule has 0 radical (unpaired) electrons. The van der Waals surface area contributed by atoms with Gasteiger partial charge in [-0.05, 0) is 40.5 Å². The fourth-order valence-corrected chi connectivity index (χ4v) is 2.59. The first kappa shape index (κ1) is 17.5. The van der Waals surface area contributed by atoms with Crippen molar-refractivity contribution >= 4 is 27.7 Å². The molecule has 1 aliphatic rings. The summed E-state index contributed by atoms with van der Waals surface area (Å²) in [6.07, 6.45) is -3.22. The average molecular weight is 395 g/mol. The number of halogens is 4. The van der Waals surface area contributed by atoms with Gasteiger partial charge in [0.2, 0.25) is 0 Å². The van der Waals surface area contributed by atoms with Crippen molar-refractivity contribution in [2.75, 3.05) is 25.0 Å². The number of benzene rings is 1. The number of anilines is 1. The Morgan fingerprint density at radius 2 is 2.17 bits per heavy atom. The van der Waals surface area contributed by atoms with Crippen molar-refractivity contribution in [2.45, 2.75) is 12.8 Å². The Morgan fingerprint density at radius 1 is 1.43 bits per heavy atom. The number of alkyl halides is 3. The van der Waals surface area contributed by atoms with Gasteiger partial charge in [-0.1, -0.05) is 11.6 Å². The molecule has 0 saturated heterocycles. The highest BCUT2D eigenvalue weighted by atomic mass is 79.9. The van der Waals surface area contributed by atoms with E-state index in [1.165, 1.54) is 23.1 Å². The molecular weight excluding hydrogens is 381 g/mol. The maximum absolute atomic E-state index is 12.1. The molecule has 1 aliphatic heterocycles. The molecule has 2 N–H and O–H groups in total. The van der Waals surface area contributed by atoms with Crippen LogP contribution in [0.5, 0.6) is 5.75 Å². The molecule has 0 unspecified atom stereocenters. The third-order valence-corrected chi connectivity index (χ3v) is 3.91. The van der Waals surface area contributed by atoms with Crippen molar-refractivity contribution in [3.8, 4) is 5.75 Å². The van der Waals surface area contributed by atoms with Crippen LogP contribution in [0.1, 0.15) is 6.42 Å². The molecule has 0 saturated carbocycles. The van der Waals surface area contributed by atoms with E-state index in [1.807, 2.05) is 6.08 Å². The van der Waals surface area contributed by atoms with Crippen LogP contribution in [0.15, 0.2) is 34.3 Å². The van der Waals surface area contributed by atoms with Crippen LogP contribution >= 0.6 is 15.9 Å². The first-order valence-corrected chi connectivity index (χ1v) is 7.49. The summed E-state index contributed by atoms with van der Waals surface area (Å²) in [5.74, 6) is -0.302. The molecule has 0 fully saturated rings. The van der Waals surface area contributed by atoms with Crippen molar-refractivity contribution in [2.24, 2.45) is 0 Å². The normalized spacial score (nSPS) is 15.1. The van der Waals surface area contributed by atoms with E-state index in [-0.39, 0.29) is 5.75 Å². The minimum atomic E-state index is -4.72. The molecule has 0 bridgehead atoms. The van der Waals surface area contributed by atoms with E-state index in [1.54, 1.807) is 0 Å². The number of hydrogen-bond acceptors (Lipinski definition) is 3. The van der Waals surface area contributed by atoms with Gasteiger partial charge in [-0.25, -0.2) is 4.79 Å². The number of rotatable bonds is 4. The summed E-state index contributed by atoms with van der Waals surface area (Å²) in [6.45, 7) is 1.26. The minimum absolute atomic E-state index is 0.302. The van der Waals surface area contributed by atoms with Crippen LogP contribution in [-0.2, 0) is 0 Å². The van der Waals surface area contributed by atoms with Gasteiger partial charge in [0.25, 0.3) is 0 Å². The predicted octanol–water partition coefficient (Wildman–Crippen LogP) is 4.07. The lowest BCUT2D eigenvalue weighted by Crippen LogP contribution is -2.34. The molecule has 1 amide bonds. The third-order valence-electron chi connectivity index (χ3n) is 3.25. The number of ether oxygens (including phenoxy) is 1. The quantitative estimate of drug-likeness (QED) is 0.755. The zero-order chi connectivity index (χ0) is 17.0. The molecular formula is C14H14BrF3N2O3. The molecule has 1 heterocycles. The summed E-state index contributed by atoms with van der Waals surface area (Å²) < 4.78 is 40.7. The average Bonchev–Trinajstić information content (AvgIpc) is 2.45. The second-order valence-corrected chi connectivity index (χ2v) is 5.74. The summed E-state index contributed by atoms with van der Waals surface area (Å²) in [5, 5.41) is 12.0. The van der Waals surface area contributed by atoms with E-state index in [0.29, 0.717) is 36.2 Å². The van der Waals surface area contributed by atoms with Gasteiger partial charge >= 0.3 is 12.5 Å². The lowest BCUT2D eigenvalue weighted by atomic mass is 10.1. The van der Waals surface area contributed by atoms with Gasteiger partial charge < -0.3 is 20.1 Å². The Labute approximate surface area is 138 Å². The lowest BCUT2D eigenvalue weighted by molar-refractivity contribution is -0.274. The Hall–Kier alpha value is -1.90. The second kappa shape index (κ2) is 7.12. The SMILES string of the molecule is O=C(O)N1CC=C(CNc2ccc(OC(F)(F)F)cc2Br)CC1. The first-order chi connectivity index (χ1) is 10.7. The van der Waals surface area contributed by atoms with Crippen LogP contribution < -0.4 is 10.1 Å². The highest BCUT2D eigenvalue weighted by Crippen LogP contribution is 2.30. The summed E-state index contributed by atoms with van der Waals surface area (Å²) in [5.41, 5.74) is 1.67. The molecule has 9 heteroatoms. The number of amides is 1. The van der Waals surface area contributed by atoms with E-state index in [2.05, 4.69) is 26.0 Å². The molecule has 126 valence electrons. The third kappa shape index (κ3) is 5.34. The highest BCUT2D eigenvalue weighted by molar-refractivity contribution is 9.10. The highest BCUT2D eigenvalue weighted by Gasteiger charge is 2.31. The molecule has 1 aromatic rings. The van der Waals surface area contributed by atoms with E-state index in [4.69, 9.17) is 5.11 Å². The molecule has 2 rings (SSSR count).